The zero-order valence-corrected chi connectivity index (χ0v) is 13.3. The minimum Gasteiger partial charge on any atom is -0.497 e. The molecule has 0 spiro atoms. The molecular formula is C17H17N3O4. The van der Waals surface area contributed by atoms with E-state index < -0.39 is 11.8 Å². The van der Waals surface area contributed by atoms with E-state index in [2.05, 4.69) is 15.8 Å². The van der Waals surface area contributed by atoms with Crippen LogP contribution in [0.2, 0.25) is 0 Å². The number of anilines is 1. The molecule has 0 aromatic heterocycles. The fourth-order valence-corrected chi connectivity index (χ4v) is 1.77. The molecule has 0 aliphatic carbocycles. The van der Waals surface area contributed by atoms with Gasteiger partial charge in [-0.05, 0) is 54.1 Å². The Balaban J connectivity index is 1.86. The lowest BCUT2D eigenvalue weighted by molar-refractivity contribution is -0.136. The van der Waals surface area contributed by atoms with Crippen molar-refractivity contribution in [1.29, 1.82) is 0 Å². The Morgan fingerprint density at radius 2 is 1.42 bits per heavy atom. The van der Waals surface area contributed by atoms with Crippen LogP contribution in [0.3, 0.4) is 0 Å². The molecule has 2 N–H and O–H groups in total. The number of ether oxygens (including phenoxy) is 2. The van der Waals surface area contributed by atoms with Gasteiger partial charge in [0, 0.05) is 5.69 Å². The SMILES string of the molecule is COc1ccc(/C=N\NC(=O)C(=O)Nc2ccc(OC)cc2)cc1. The van der Waals surface area contributed by atoms with Crippen LogP contribution in [0.15, 0.2) is 53.6 Å². The van der Waals surface area contributed by atoms with Gasteiger partial charge >= 0.3 is 11.8 Å². The van der Waals surface area contributed by atoms with Crippen molar-refractivity contribution in [2.24, 2.45) is 5.10 Å². The van der Waals surface area contributed by atoms with Gasteiger partial charge in [-0.2, -0.15) is 5.10 Å². The molecule has 0 saturated carbocycles. The second-order valence-electron chi connectivity index (χ2n) is 4.65. The van der Waals surface area contributed by atoms with Crippen LogP contribution in [0.4, 0.5) is 5.69 Å². The van der Waals surface area contributed by atoms with E-state index in [4.69, 9.17) is 9.47 Å². The molecule has 2 aromatic rings. The fourth-order valence-electron chi connectivity index (χ4n) is 1.77. The number of hydrazone groups is 1. The van der Waals surface area contributed by atoms with Gasteiger partial charge in [0.25, 0.3) is 0 Å². The maximum absolute atomic E-state index is 11.7. The van der Waals surface area contributed by atoms with Crippen molar-refractivity contribution in [1.82, 2.24) is 5.43 Å². The van der Waals surface area contributed by atoms with Crippen molar-refractivity contribution >= 4 is 23.7 Å². The summed E-state index contributed by atoms with van der Waals surface area (Å²) in [5.74, 6) is -0.306. The van der Waals surface area contributed by atoms with E-state index in [1.807, 2.05) is 0 Å². The largest absolute Gasteiger partial charge is 0.497 e. The molecule has 2 amide bonds. The minimum absolute atomic E-state index is 0.482. The number of nitrogens with zero attached hydrogens (tertiary/aromatic N) is 1. The number of nitrogens with one attached hydrogen (secondary N) is 2. The Morgan fingerprint density at radius 3 is 1.96 bits per heavy atom. The third-order valence-corrected chi connectivity index (χ3v) is 3.05. The predicted octanol–water partition coefficient (Wildman–Crippen LogP) is 1.79. The van der Waals surface area contributed by atoms with E-state index in [9.17, 15) is 9.59 Å². The van der Waals surface area contributed by atoms with Crippen LogP contribution >= 0.6 is 0 Å². The first-order valence-electron chi connectivity index (χ1n) is 7.05. The standard InChI is InChI=1S/C17H17N3O4/c1-23-14-7-3-12(4-8-14)11-18-20-17(22)16(21)19-13-5-9-15(24-2)10-6-13/h3-11H,1-2H3,(H,19,21)(H,20,22)/b18-11-. The van der Waals surface area contributed by atoms with Crippen LogP contribution in [0.5, 0.6) is 11.5 Å². The Kier molecular flexibility index (Phi) is 5.90. The monoisotopic (exact) mass is 327 g/mol. The van der Waals surface area contributed by atoms with Crippen LogP contribution < -0.4 is 20.2 Å². The highest BCUT2D eigenvalue weighted by atomic mass is 16.5. The van der Waals surface area contributed by atoms with Crippen molar-refractivity contribution in [3.05, 3.63) is 54.1 Å². The fraction of sp³-hybridized carbons (Fsp3) is 0.118. The van der Waals surface area contributed by atoms with Gasteiger partial charge in [-0.25, -0.2) is 5.43 Å². The molecule has 0 bridgehead atoms. The lowest BCUT2D eigenvalue weighted by Crippen LogP contribution is -2.32. The third kappa shape index (κ3) is 4.84. The number of methoxy groups -OCH3 is 2. The molecule has 2 rings (SSSR count). The maximum Gasteiger partial charge on any atom is 0.329 e. The minimum atomic E-state index is -0.865. The second-order valence-corrected chi connectivity index (χ2v) is 4.65. The molecule has 7 nitrogen and oxygen atoms in total. The lowest BCUT2D eigenvalue weighted by Gasteiger charge is -2.05. The molecule has 7 heteroatoms. The number of hydrogen-bond donors (Lipinski definition) is 2. The van der Waals surface area contributed by atoms with Crippen LogP contribution in [-0.4, -0.2) is 32.2 Å². The Labute approximate surface area is 139 Å². The van der Waals surface area contributed by atoms with Crippen molar-refractivity contribution in [3.63, 3.8) is 0 Å². The van der Waals surface area contributed by atoms with Crippen LogP contribution in [0.1, 0.15) is 5.56 Å². The molecule has 124 valence electrons. The first kappa shape index (κ1) is 17.0. The van der Waals surface area contributed by atoms with Gasteiger partial charge in [-0.1, -0.05) is 0 Å². The summed E-state index contributed by atoms with van der Waals surface area (Å²) >= 11 is 0. The molecule has 0 aliphatic heterocycles. The molecule has 2 aromatic carbocycles. The summed E-state index contributed by atoms with van der Waals surface area (Å²) in [6.45, 7) is 0. The first-order valence-corrected chi connectivity index (χ1v) is 7.05. The van der Waals surface area contributed by atoms with Crippen molar-refractivity contribution in [2.45, 2.75) is 0 Å². The quantitative estimate of drug-likeness (QED) is 0.498. The Morgan fingerprint density at radius 1 is 0.875 bits per heavy atom. The molecule has 0 unspecified atom stereocenters. The van der Waals surface area contributed by atoms with Gasteiger partial charge in [0.05, 0.1) is 20.4 Å². The van der Waals surface area contributed by atoms with Gasteiger partial charge in [-0.15, -0.1) is 0 Å². The zero-order chi connectivity index (χ0) is 17.4. The topological polar surface area (TPSA) is 89.0 Å². The van der Waals surface area contributed by atoms with Gasteiger partial charge in [0.1, 0.15) is 11.5 Å². The molecule has 0 fully saturated rings. The third-order valence-electron chi connectivity index (χ3n) is 3.05. The van der Waals surface area contributed by atoms with Crippen molar-refractivity contribution in [2.75, 3.05) is 19.5 Å². The number of carbonyl (C=O) groups excluding carboxylic acids is 2. The van der Waals surface area contributed by atoms with Gasteiger partial charge in [-0.3, -0.25) is 9.59 Å². The zero-order valence-electron chi connectivity index (χ0n) is 13.3. The molecule has 0 aliphatic rings. The highest BCUT2D eigenvalue weighted by Gasteiger charge is 2.12. The smallest absolute Gasteiger partial charge is 0.329 e. The number of carbonyl (C=O) groups is 2. The molecule has 0 saturated heterocycles. The number of hydrogen-bond acceptors (Lipinski definition) is 5. The summed E-state index contributed by atoms with van der Waals surface area (Å²) < 4.78 is 10.1. The number of benzene rings is 2. The predicted molar refractivity (Wildman–Crippen MR) is 90.4 cm³/mol. The van der Waals surface area contributed by atoms with Crippen LogP contribution in [0, 0.1) is 0 Å². The first-order chi connectivity index (χ1) is 11.6. The van der Waals surface area contributed by atoms with Crippen LogP contribution in [0.25, 0.3) is 0 Å². The highest BCUT2D eigenvalue weighted by molar-refractivity contribution is 6.39. The van der Waals surface area contributed by atoms with E-state index in [1.54, 1.807) is 62.8 Å². The molecule has 24 heavy (non-hydrogen) atoms. The number of rotatable bonds is 5. The Bertz CT molecular complexity index is 725. The van der Waals surface area contributed by atoms with Gasteiger partial charge < -0.3 is 14.8 Å². The van der Waals surface area contributed by atoms with Crippen molar-refractivity contribution in [3.8, 4) is 11.5 Å². The molecule has 0 atom stereocenters. The van der Waals surface area contributed by atoms with Gasteiger partial charge in [0.15, 0.2) is 0 Å². The maximum atomic E-state index is 11.7. The summed E-state index contributed by atoms with van der Waals surface area (Å²) in [4.78, 5) is 23.4. The normalized spacial score (nSPS) is 10.2. The summed E-state index contributed by atoms with van der Waals surface area (Å²) in [6, 6.07) is 13.7. The highest BCUT2D eigenvalue weighted by Crippen LogP contribution is 2.14. The average molecular weight is 327 g/mol. The summed E-state index contributed by atoms with van der Waals surface area (Å²) in [6.07, 6.45) is 1.43. The van der Waals surface area contributed by atoms with Crippen LogP contribution in [-0.2, 0) is 9.59 Å². The molecule has 0 radical (unpaired) electrons. The van der Waals surface area contributed by atoms with E-state index in [-0.39, 0.29) is 0 Å². The summed E-state index contributed by atoms with van der Waals surface area (Å²) in [5.41, 5.74) is 3.40. The lowest BCUT2D eigenvalue weighted by atomic mass is 10.2. The van der Waals surface area contributed by atoms with E-state index in [0.717, 1.165) is 11.3 Å². The molecular weight excluding hydrogens is 310 g/mol. The average Bonchev–Trinajstić information content (AvgIpc) is 2.62. The van der Waals surface area contributed by atoms with E-state index in [1.165, 1.54) is 6.21 Å². The van der Waals surface area contributed by atoms with E-state index >= 15 is 0 Å². The van der Waals surface area contributed by atoms with E-state index in [0.29, 0.717) is 11.4 Å². The Hall–Kier alpha value is -3.35. The van der Waals surface area contributed by atoms with Gasteiger partial charge in [0.2, 0.25) is 0 Å². The second kappa shape index (κ2) is 8.33. The van der Waals surface area contributed by atoms with Crippen molar-refractivity contribution < 1.29 is 19.1 Å². The summed E-state index contributed by atoms with van der Waals surface area (Å²) in [5, 5.41) is 6.20. The molecule has 0 heterocycles. The summed E-state index contributed by atoms with van der Waals surface area (Å²) in [7, 11) is 3.12. The number of amides is 2.